The summed E-state index contributed by atoms with van der Waals surface area (Å²) in [6.45, 7) is 5.76. The standard InChI is InChI=1S/C14H22N2O3S/c1-12(2)14(13-6-4-3-5-7-13)15-20(17,18)16-8-10-19-11-9-16/h3-7,12,14-15H,8-11H2,1-2H3/t14-/m0/s1. The van der Waals surface area contributed by atoms with E-state index in [0.29, 0.717) is 26.3 Å². The van der Waals surface area contributed by atoms with Gasteiger partial charge < -0.3 is 4.74 Å². The molecule has 2 rings (SSSR count). The second-order valence-corrected chi connectivity index (χ2v) is 6.97. The molecule has 1 fully saturated rings. The van der Waals surface area contributed by atoms with E-state index in [1.54, 1.807) is 0 Å². The van der Waals surface area contributed by atoms with Gasteiger partial charge in [0.15, 0.2) is 0 Å². The van der Waals surface area contributed by atoms with Gasteiger partial charge in [-0.15, -0.1) is 0 Å². The molecule has 0 radical (unpaired) electrons. The third-order valence-electron chi connectivity index (χ3n) is 3.41. The van der Waals surface area contributed by atoms with Gasteiger partial charge in [0, 0.05) is 13.1 Å². The lowest BCUT2D eigenvalue weighted by molar-refractivity contribution is 0.0722. The maximum atomic E-state index is 12.4. The Morgan fingerprint density at radius 3 is 2.30 bits per heavy atom. The van der Waals surface area contributed by atoms with Crippen LogP contribution in [-0.2, 0) is 14.9 Å². The molecule has 0 aliphatic carbocycles. The fourth-order valence-electron chi connectivity index (χ4n) is 2.27. The first-order valence-electron chi connectivity index (χ1n) is 6.91. The molecular weight excluding hydrogens is 276 g/mol. The summed E-state index contributed by atoms with van der Waals surface area (Å²) in [5.41, 5.74) is 0.985. The van der Waals surface area contributed by atoms with Crippen LogP contribution in [0.1, 0.15) is 25.5 Å². The molecule has 0 spiro atoms. The molecule has 5 nitrogen and oxygen atoms in total. The highest BCUT2D eigenvalue weighted by Gasteiger charge is 2.28. The number of nitrogens with zero attached hydrogens (tertiary/aromatic N) is 1. The van der Waals surface area contributed by atoms with Gasteiger partial charge in [-0.3, -0.25) is 0 Å². The summed E-state index contributed by atoms with van der Waals surface area (Å²) in [5, 5.41) is 0. The predicted octanol–water partition coefficient (Wildman–Crippen LogP) is 1.55. The normalized spacial score (nSPS) is 19.1. The van der Waals surface area contributed by atoms with Gasteiger partial charge in [-0.25, -0.2) is 0 Å². The largest absolute Gasteiger partial charge is 0.379 e. The van der Waals surface area contributed by atoms with E-state index in [2.05, 4.69) is 4.72 Å². The summed E-state index contributed by atoms with van der Waals surface area (Å²) in [7, 11) is -3.47. The Balaban J connectivity index is 2.15. The van der Waals surface area contributed by atoms with Crippen LogP contribution in [0.25, 0.3) is 0 Å². The molecule has 6 heteroatoms. The third kappa shape index (κ3) is 3.79. The van der Waals surface area contributed by atoms with Crippen molar-refractivity contribution in [2.45, 2.75) is 19.9 Å². The van der Waals surface area contributed by atoms with Crippen LogP contribution in [0.5, 0.6) is 0 Å². The van der Waals surface area contributed by atoms with Gasteiger partial charge in [0.1, 0.15) is 0 Å². The Hall–Kier alpha value is -0.950. The second-order valence-electron chi connectivity index (χ2n) is 5.27. The Labute approximate surface area is 121 Å². The minimum Gasteiger partial charge on any atom is -0.379 e. The van der Waals surface area contributed by atoms with Crippen molar-refractivity contribution in [3.8, 4) is 0 Å². The zero-order valence-electron chi connectivity index (χ0n) is 12.0. The van der Waals surface area contributed by atoms with Crippen molar-refractivity contribution in [1.82, 2.24) is 9.03 Å². The van der Waals surface area contributed by atoms with E-state index in [1.165, 1.54) is 4.31 Å². The average molecular weight is 298 g/mol. The van der Waals surface area contributed by atoms with Crippen molar-refractivity contribution in [1.29, 1.82) is 0 Å². The lowest BCUT2D eigenvalue weighted by Gasteiger charge is -2.30. The molecule has 1 heterocycles. The molecule has 20 heavy (non-hydrogen) atoms. The summed E-state index contributed by atoms with van der Waals surface area (Å²) in [4.78, 5) is 0. The average Bonchev–Trinajstić information content (AvgIpc) is 2.46. The van der Waals surface area contributed by atoms with Gasteiger partial charge in [-0.05, 0) is 11.5 Å². The van der Waals surface area contributed by atoms with E-state index in [1.807, 2.05) is 44.2 Å². The van der Waals surface area contributed by atoms with Crippen LogP contribution < -0.4 is 4.72 Å². The highest BCUT2D eigenvalue weighted by atomic mass is 32.2. The molecule has 1 aromatic rings. The fourth-order valence-corrected chi connectivity index (χ4v) is 3.78. The van der Waals surface area contributed by atoms with Crippen LogP contribution in [0, 0.1) is 5.92 Å². The molecule has 1 aliphatic rings. The summed E-state index contributed by atoms with van der Waals surface area (Å²) < 4.78 is 34.3. The smallest absolute Gasteiger partial charge is 0.280 e. The molecule has 1 aromatic carbocycles. The van der Waals surface area contributed by atoms with E-state index < -0.39 is 10.2 Å². The van der Waals surface area contributed by atoms with Crippen molar-refractivity contribution in [2.24, 2.45) is 5.92 Å². The van der Waals surface area contributed by atoms with Gasteiger partial charge in [0.25, 0.3) is 10.2 Å². The zero-order chi connectivity index (χ0) is 14.6. The number of ether oxygens (including phenoxy) is 1. The van der Waals surface area contributed by atoms with Crippen molar-refractivity contribution in [2.75, 3.05) is 26.3 Å². The van der Waals surface area contributed by atoms with Crippen LogP contribution in [0.2, 0.25) is 0 Å². The maximum Gasteiger partial charge on any atom is 0.280 e. The van der Waals surface area contributed by atoms with Crippen molar-refractivity contribution < 1.29 is 13.2 Å². The van der Waals surface area contributed by atoms with Crippen LogP contribution in [0.4, 0.5) is 0 Å². The Morgan fingerprint density at radius 2 is 1.75 bits per heavy atom. The van der Waals surface area contributed by atoms with E-state index >= 15 is 0 Å². The van der Waals surface area contributed by atoms with E-state index in [4.69, 9.17) is 4.74 Å². The van der Waals surface area contributed by atoms with Gasteiger partial charge in [-0.2, -0.15) is 17.4 Å². The molecule has 0 saturated carbocycles. The summed E-state index contributed by atoms with van der Waals surface area (Å²) in [6, 6.07) is 9.46. The molecule has 0 amide bonds. The molecule has 1 atom stereocenters. The first-order valence-corrected chi connectivity index (χ1v) is 8.35. The Kier molecular flexibility index (Phi) is 5.15. The lowest BCUT2D eigenvalue weighted by Crippen LogP contribution is -2.48. The summed E-state index contributed by atoms with van der Waals surface area (Å²) >= 11 is 0. The fraction of sp³-hybridized carbons (Fsp3) is 0.571. The van der Waals surface area contributed by atoms with Gasteiger partial charge in [0.05, 0.1) is 19.3 Å². The Bertz CT molecular complexity index is 510. The zero-order valence-corrected chi connectivity index (χ0v) is 12.8. The van der Waals surface area contributed by atoms with E-state index in [9.17, 15) is 8.42 Å². The minimum absolute atomic E-state index is 0.174. The second kappa shape index (κ2) is 6.67. The first kappa shape index (κ1) is 15.4. The third-order valence-corrected chi connectivity index (χ3v) is 5.01. The molecule has 1 aliphatic heterocycles. The Morgan fingerprint density at radius 1 is 1.15 bits per heavy atom. The number of benzene rings is 1. The van der Waals surface area contributed by atoms with E-state index in [0.717, 1.165) is 5.56 Å². The van der Waals surface area contributed by atoms with Crippen LogP contribution >= 0.6 is 0 Å². The quantitative estimate of drug-likeness (QED) is 0.897. The molecule has 0 aromatic heterocycles. The highest BCUT2D eigenvalue weighted by Crippen LogP contribution is 2.23. The molecule has 1 N–H and O–H groups in total. The van der Waals surface area contributed by atoms with E-state index in [-0.39, 0.29) is 12.0 Å². The topological polar surface area (TPSA) is 58.6 Å². The monoisotopic (exact) mass is 298 g/mol. The number of nitrogens with one attached hydrogen (secondary N) is 1. The van der Waals surface area contributed by atoms with Gasteiger partial charge in [0.2, 0.25) is 0 Å². The highest BCUT2D eigenvalue weighted by molar-refractivity contribution is 7.87. The van der Waals surface area contributed by atoms with Crippen LogP contribution in [-0.4, -0.2) is 39.0 Å². The minimum atomic E-state index is -3.47. The number of morpholine rings is 1. The van der Waals surface area contributed by atoms with Gasteiger partial charge in [-0.1, -0.05) is 44.2 Å². The molecule has 0 bridgehead atoms. The SMILES string of the molecule is CC(C)[C@H](NS(=O)(=O)N1CCOCC1)c1ccccc1. The van der Waals surface area contributed by atoms with Crippen molar-refractivity contribution in [3.05, 3.63) is 35.9 Å². The summed E-state index contributed by atoms with van der Waals surface area (Å²) in [5.74, 6) is 0.174. The van der Waals surface area contributed by atoms with Gasteiger partial charge >= 0.3 is 0 Å². The molecule has 0 unspecified atom stereocenters. The van der Waals surface area contributed by atoms with Crippen LogP contribution in [0.3, 0.4) is 0 Å². The first-order chi connectivity index (χ1) is 9.50. The molecular formula is C14H22N2O3S. The summed E-state index contributed by atoms with van der Waals surface area (Å²) in [6.07, 6.45) is 0. The molecule has 112 valence electrons. The van der Waals surface area contributed by atoms with Crippen molar-refractivity contribution in [3.63, 3.8) is 0 Å². The lowest BCUT2D eigenvalue weighted by atomic mass is 9.97. The number of hydrogen-bond donors (Lipinski definition) is 1. The predicted molar refractivity (Wildman–Crippen MR) is 78.5 cm³/mol. The number of hydrogen-bond acceptors (Lipinski definition) is 3. The van der Waals surface area contributed by atoms with Crippen LogP contribution in [0.15, 0.2) is 30.3 Å². The molecule has 1 saturated heterocycles. The maximum absolute atomic E-state index is 12.4. The van der Waals surface area contributed by atoms with Crippen molar-refractivity contribution >= 4 is 10.2 Å². The number of rotatable bonds is 5.